The van der Waals surface area contributed by atoms with E-state index < -0.39 is 0 Å². The topological polar surface area (TPSA) is 0 Å². The number of hydrogen-bond acceptors (Lipinski definition) is 0. The second-order valence-corrected chi connectivity index (χ2v) is 11.6. The summed E-state index contributed by atoms with van der Waals surface area (Å²) >= 11 is 0. The molecule has 0 aromatic heterocycles. The molecule has 0 bridgehead atoms. The number of rotatable bonds is 7. The molecule has 0 aliphatic carbocycles. The maximum absolute atomic E-state index is 3.14. The van der Waals surface area contributed by atoms with Crippen molar-refractivity contribution in [1.29, 1.82) is 0 Å². The van der Waals surface area contributed by atoms with Crippen molar-refractivity contribution in [2.24, 2.45) is 0 Å². The second-order valence-electron chi connectivity index (χ2n) is 8.86. The molecule has 6 aromatic carbocycles. The van der Waals surface area contributed by atoms with E-state index in [1.165, 1.54) is 66.7 Å². The Bertz CT molecular complexity index is 1520. The van der Waals surface area contributed by atoms with Crippen LogP contribution in [0.1, 0.15) is 0 Å². The van der Waals surface area contributed by atoms with Crippen LogP contribution < -0.4 is 10.6 Å². The smallest absolute Gasteiger partial charge is 0.00150 e. The van der Waals surface area contributed by atoms with E-state index in [2.05, 4.69) is 127 Å². The Balaban J connectivity index is 1.21. The molecule has 0 N–H and O–H groups in total. The van der Waals surface area contributed by atoms with E-state index in [9.17, 15) is 0 Å². The molecule has 6 rings (SSSR count). The number of fused-ring (bicyclic) bond motifs is 2. The average molecular weight is 497 g/mol. The highest BCUT2D eigenvalue weighted by molar-refractivity contribution is 7.51. The van der Waals surface area contributed by atoms with Gasteiger partial charge in [0.1, 0.15) is 0 Å². The van der Waals surface area contributed by atoms with E-state index in [4.69, 9.17) is 0 Å². The molecule has 0 amide bonds. The van der Waals surface area contributed by atoms with Gasteiger partial charge in [-0.05, 0) is 78.9 Å². The Morgan fingerprint density at radius 1 is 0.417 bits per heavy atom. The van der Waals surface area contributed by atoms with Crippen LogP contribution in [0, 0.1) is 12.1 Å². The molecular formula is C34H26P2. The fraction of sp³-hybridized carbons (Fsp3) is 0.0588. The molecule has 0 heterocycles. The first-order valence-corrected chi connectivity index (χ1v) is 14.7. The minimum atomic E-state index is 0.788. The maximum Gasteiger partial charge on any atom is -0.00150 e. The lowest BCUT2D eigenvalue weighted by molar-refractivity contribution is 1.54. The zero-order valence-corrected chi connectivity index (χ0v) is 22.0. The first-order chi connectivity index (χ1) is 17.9. The van der Waals surface area contributed by atoms with Crippen molar-refractivity contribution in [2.45, 2.75) is 0 Å². The van der Waals surface area contributed by atoms with Crippen molar-refractivity contribution in [3.8, 4) is 22.3 Å². The normalized spacial score (nSPS) is 11.7. The average Bonchev–Trinajstić information content (AvgIpc) is 2.95. The van der Waals surface area contributed by atoms with Gasteiger partial charge in [0.2, 0.25) is 0 Å². The monoisotopic (exact) mass is 496 g/mol. The Morgan fingerprint density at radius 3 is 1.64 bits per heavy atom. The lowest BCUT2D eigenvalue weighted by Gasteiger charge is -2.14. The molecule has 0 nitrogen and oxygen atoms in total. The van der Waals surface area contributed by atoms with Crippen LogP contribution in [0.25, 0.3) is 43.8 Å². The predicted octanol–water partition coefficient (Wildman–Crippen LogP) is 8.24. The highest BCUT2D eigenvalue weighted by atomic mass is 31.1. The Morgan fingerprint density at radius 2 is 0.917 bits per heavy atom. The van der Waals surface area contributed by atoms with Gasteiger partial charge in [-0.1, -0.05) is 138 Å². The van der Waals surface area contributed by atoms with Gasteiger partial charge in [-0.3, -0.25) is 0 Å². The van der Waals surface area contributed by atoms with E-state index in [0.717, 1.165) is 17.2 Å². The molecule has 0 radical (unpaired) electrons. The molecule has 0 fully saturated rings. The molecule has 0 aliphatic heterocycles. The van der Waals surface area contributed by atoms with E-state index in [-0.39, 0.29) is 0 Å². The Hall–Kier alpha value is -3.48. The fourth-order valence-electron chi connectivity index (χ4n) is 4.94. The van der Waals surface area contributed by atoms with Crippen LogP contribution >= 0.6 is 17.2 Å². The number of benzene rings is 5. The maximum atomic E-state index is 3.14. The first kappa shape index (κ1) is 23.0. The van der Waals surface area contributed by atoms with Crippen molar-refractivity contribution in [2.75, 3.05) is 12.3 Å². The van der Waals surface area contributed by atoms with Gasteiger partial charge in [0.25, 0.3) is 0 Å². The summed E-state index contributed by atoms with van der Waals surface area (Å²) in [6, 6.07) is 50.1. The van der Waals surface area contributed by atoms with Crippen LogP contribution in [0.15, 0.2) is 121 Å². The van der Waals surface area contributed by atoms with Gasteiger partial charge in [-0.25, -0.2) is 0 Å². The summed E-state index contributed by atoms with van der Waals surface area (Å²) in [4.78, 5) is 0. The summed E-state index contributed by atoms with van der Waals surface area (Å²) in [6.07, 6.45) is 2.40. The van der Waals surface area contributed by atoms with Crippen LogP contribution in [-0.2, 0) is 0 Å². The summed E-state index contributed by atoms with van der Waals surface area (Å²) < 4.78 is 0. The molecule has 2 atom stereocenters. The van der Waals surface area contributed by atoms with E-state index in [1.54, 1.807) is 0 Å². The van der Waals surface area contributed by atoms with Gasteiger partial charge < -0.3 is 0 Å². The zero-order chi connectivity index (χ0) is 24.2. The standard InChI is InChI=1S/C34H26P2/c1-3-15-27-25(11-1)13-9-19-29(27)31-17-5-7-21-33(31)35-23-24-36-34-22-8-6-18-32(34)30-20-10-14-26-12-2-4-16-28(26)30/h1,3,5-22,35-36H,23-24H2. The van der Waals surface area contributed by atoms with Crippen molar-refractivity contribution in [3.63, 3.8) is 0 Å². The molecule has 36 heavy (non-hydrogen) atoms. The van der Waals surface area contributed by atoms with Crippen LogP contribution in [0.2, 0.25) is 0 Å². The predicted molar refractivity (Wildman–Crippen MR) is 162 cm³/mol. The summed E-state index contributed by atoms with van der Waals surface area (Å²) in [7, 11) is 1.59. The van der Waals surface area contributed by atoms with Crippen molar-refractivity contribution < 1.29 is 0 Å². The molecular weight excluding hydrogens is 470 g/mol. The molecule has 6 aromatic rings. The second kappa shape index (κ2) is 10.6. The zero-order valence-electron chi connectivity index (χ0n) is 20.0. The largest absolute Gasteiger partial charge is 0.0894 e. The quantitative estimate of drug-likeness (QED) is 0.154. The highest BCUT2D eigenvalue weighted by Crippen LogP contribution is 2.33. The summed E-state index contributed by atoms with van der Waals surface area (Å²) in [6.45, 7) is 0. The third kappa shape index (κ3) is 4.66. The summed E-state index contributed by atoms with van der Waals surface area (Å²) in [5, 5.41) is 8.01. The SMILES string of the molecule is c1cc2cccc(-c3ccccc3PCCPc3ccccc3-c3cccc4ccccc34)c2cc#1. The van der Waals surface area contributed by atoms with Gasteiger partial charge in [0.15, 0.2) is 0 Å². The summed E-state index contributed by atoms with van der Waals surface area (Å²) in [5.74, 6) is 0. The first-order valence-electron chi connectivity index (χ1n) is 12.3. The van der Waals surface area contributed by atoms with Crippen molar-refractivity contribution >= 4 is 49.3 Å². The molecule has 0 saturated carbocycles. The molecule has 2 unspecified atom stereocenters. The van der Waals surface area contributed by atoms with E-state index in [0.29, 0.717) is 0 Å². The Kier molecular flexibility index (Phi) is 6.79. The van der Waals surface area contributed by atoms with E-state index >= 15 is 0 Å². The highest BCUT2D eigenvalue weighted by Gasteiger charge is 2.10. The van der Waals surface area contributed by atoms with Crippen molar-refractivity contribution in [3.05, 3.63) is 133 Å². The number of hydrogen-bond donors (Lipinski definition) is 0. The third-order valence-corrected chi connectivity index (χ3v) is 9.78. The van der Waals surface area contributed by atoms with Crippen molar-refractivity contribution in [1.82, 2.24) is 0 Å². The van der Waals surface area contributed by atoms with Gasteiger partial charge in [0, 0.05) is 0 Å². The minimum absolute atomic E-state index is 0.788. The molecule has 0 saturated heterocycles. The van der Waals surface area contributed by atoms with Crippen LogP contribution in [-0.4, -0.2) is 12.3 Å². The molecule has 0 aliphatic rings. The van der Waals surface area contributed by atoms with Crippen LogP contribution in [0.5, 0.6) is 0 Å². The van der Waals surface area contributed by atoms with Gasteiger partial charge in [-0.2, -0.15) is 0 Å². The molecule has 0 spiro atoms. The molecule has 172 valence electrons. The Labute approximate surface area is 217 Å². The molecule has 2 heteroatoms. The fourth-order valence-corrected chi connectivity index (χ4v) is 7.72. The third-order valence-electron chi connectivity index (χ3n) is 6.65. The van der Waals surface area contributed by atoms with Crippen LogP contribution in [0.4, 0.5) is 0 Å². The van der Waals surface area contributed by atoms with E-state index in [1.807, 2.05) is 6.07 Å². The minimum Gasteiger partial charge on any atom is -0.0894 e. The summed E-state index contributed by atoms with van der Waals surface area (Å²) in [5.41, 5.74) is 5.36. The van der Waals surface area contributed by atoms with Gasteiger partial charge in [0.05, 0.1) is 0 Å². The van der Waals surface area contributed by atoms with Crippen LogP contribution in [0.3, 0.4) is 0 Å². The lowest BCUT2D eigenvalue weighted by atomic mass is 9.98. The lowest BCUT2D eigenvalue weighted by Crippen LogP contribution is -2.04. The van der Waals surface area contributed by atoms with Gasteiger partial charge in [-0.15, -0.1) is 0 Å². The van der Waals surface area contributed by atoms with Gasteiger partial charge >= 0.3 is 0 Å².